The molecule has 1 aliphatic heterocycles. The fourth-order valence-electron chi connectivity index (χ4n) is 1.51. The first-order valence-corrected chi connectivity index (χ1v) is 5.75. The second kappa shape index (κ2) is 5.62. The van der Waals surface area contributed by atoms with Crippen LogP contribution < -0.4 is 34.9 Å². The average molecular weight is 268 g/mol. The number of halogens is 1. The third-order valence-corrected chi connectivity index (χ3v) is 3.35. The number of amides is 1. The van der Waals surface area contributed by atoms with E-state index >= 15 is 0 Å². The molecule has 1 unspecified atom stereocenters. The largest absolute Gasteiger partial charge is 1.00 e. The summed E-state index contributed by atoms with van der Waals surface area (Å²) < 4.78 is 21.6. The molecule has 0 saturated heterocycles. The summed E-state index contributed by atoms with van der Waals surface area (Å²) in [6, 6.07) is 2.97. The molecule has 0 bridgehead atoms. The van der Waals surface area contributed by atoms with E-state index in [0.29, 0.717) is 18.5 Å². The van der Waals surface area contributed by atoms with Gasteiger partial charge >= 0.3 is 29.6 Å². The topological polar surface area (TPSA) is 69.2 Å². The van der Waals surface area contributed by atoms with Crippen LogP contribution in [0.5, 0.6) is 0 Å². The molecule has 4 nitrogen and oxygen atoms in total. The van der Waals surface area contributed by atoms with Crippen molar-refractivity contribution in [2.45, 2.75) is 17.7 Å². The Morgan fingerprint density at radius 2 is 2.06 bits per heavy atom. The van der Waals surface area contributed by atoms with Crippen LogP contribution in [0.4, 0.5) is 5.69 Å². The Bertz CT molecular complexity index is 466. The van der Waals surface area contributed by atoms with Crippen LogP contribution in [0.1, 0.15) is 12.0 Å². The zero-order chi connectivity index (χ0) is 11.0. The molecule has 0 spiro atoms. The van der Waals surface area contributed by atoms with E-state index in [1.54, 1.807) is 6.07 Å². The van der Waals surface area contributed by atoms with Gasteiger partial charge in [0.05, 0.1) is 5.02 Å². The Balaban J connectivity index is 0.00000128. The number of anilines is 1. The average Bonchev–Trinajstić information content (AvgIpc) is 2.17. The molecule has 1 amide bonds. The molecule has 0 aromatic heterocycles. The summed E-state index contributed by atoms with van der Waals surface area (Å²) in [6.45, 7) is 0. The van der Waals surface area contributed by atoms with Crippen molar-refractivity contribution in [3.63, 3.8) is 0 Å². The van der Waals surface area contributed by atoms with Crippen molar-refractivity contribution in [2.75, 3.05) is 5.32 Å². The first-order chi connectivity index (χ1) is 7.08. The number of aryl methyl sites for hydroxylation is 1. The van der Waals surface area contributed by atoms with Gasteiger partial charge in [-0.05, 0) is 35.2 Å². The Labute approximate surface area is 122 Å². The Hall–Kier alpha value is 0.0900. The van der Waals surface area contributed by atoms with Crippen molar-refractivity contribution in [2.24, 2.45) is 0 Å². The van der Waals surface area contributed by atoms with Crippen molar-refractivity contribution in [3.05, 3.63) is 22.7 Å². The van der Waals surface area contributed by atoms with Gasteiger partial charge in [-0.15, -0.1) is 0 Å². The molecule has 1 heterocycles. The first-order valence-electron chi connectivity index (χ1n) is 4.29. The minimum atomic E-state index is -2.38. The minimum Gasteiger partial charge on any atom is -0.768 e. The number of carbonyl (C=O) groups is 1. The molecule has 80 valence electrons. The van der Waals surface area contributed by atoms with Gasteiger partial charge in [0, 0.05) is 17.0 Å². The zero-order valence-corrected chi connectivity index (χ0v) is 12.2. The van der Waals surface area contributed by atoms with E-state index in [1.165, 1.54) is 6.07 Å². The van der Waals surface area contributed by atoms with Gasteiger partial charge in [-0.2, -0.15) is 0 Å². The van der Waals surface area contributed by atoms with Gasteiger partial charge in [-0.3, -0.25) is 9.00 Å². The van der Waals surface area contributed by atoms with E-state index < -0.39 is 11.1 Å². The van der Waals surface area contributed by atoms with Crippen LogP contribution >= 0.6 is 11.6 Å². The summed E-state index contributed by atoms with van der Waals surface area (Å²) in [4.78, 5) is 11.1. The van der Waals surface area contributed by atoms with Crippen LogP contribution in [-0.2, 0) is 22.3 Å². The number of rotatable bonds is 1. The monoisotopic (exact) mass is 267 g/mol. The van der Waals surface area contributed by atoms with Crippen LogP contribution in [0, 0.1) is 0 Å². The van der Waals surface area contributed by atoms with Crippen molar-refractivity contribution in [1.82, 2.24) is 0 Å². The molecule has 0 radical (unpaired) electrons. The fourth-order valence-corrected chi connectivity index (χ4v) is 2.31. The zero-order valence-electron chi connectivity index (χ0n) is 8.58. The predicted octanol–water partition coefficient (Wildman–Crippen LogP) is -1.53. The van der Waals surface area contributed by atoms with E-state index in [4.69, 9.17) is 11.6 Å². The quantitative estimate of drug-likeness (QED) is 0.496. The molecular weight excluding hydrogens is 261 g/mol. The molecule has 7 heteroatoms. The van der Waals surface area contributed by atoms with E-state index in [9.17, 15) is 13.6 Å². The molecule has 0 fully saturated rings. The normalized spacial score (nSPS) is 15.8. The van der Waals surface area contributed by atoms with Crippen LogP contribution in [0.2, 0.25) is 5.02 Å². The van der Waals surface area contributed by atoms with Gasteiger partial charge in [0.1, 0.15) is 0 Å². The maximum Gasteiger partial charge on any atom is 1.00 e. The Kier molecular flexibility index (Phi) is 4.97. The molecular formula is C9H7ClNNaO3S. The van der Waals surface area contributed by atoms with Crippen LogP contribution in [0.25, 0.3) is 0 Å². The summed E-state index contributed by atoms with van der Waals surface area (Å²) in [5.74, 6) is -0.104. The number of fused-ring (bicyclic) bond motifs is 1. The van der Waals surface area contributed by atoms with E-state index in [-0.39, 0.29) is 45.4 Å². The van der Waals surface area contributed by atoms with Gasteiger partial charge in [0.25, 0.3) is 0 Å². The summed E-state index contributed by atoms with van der Waals surface area (Å²) in [7, 11) is 0. The summed E-state index contributed by atoms with van der Waals surface area (Å²) in [5, 5.41) is 2.80. The van der Waals surface area contributed by atoms with Gasteiger partial charge < -0.3 is 9.87 Å². The summed E-state index contributed by atoms with van der Waals surface area (Å²) in [5.41, 5.74) is 1.41. The van der Waals surface area contributed by atoms with E-state index in [1.807, 2.05) is 0 Å². The Morgan fingerprint density at radius 3 is 2.69 bits per heavy atom. The van der Waals surface area contributed by atoms with E-state index in [0.717, 1.165) is 5.56 Å². The summed E-state index contributed by atoms with van der Waals surface area (Å²) >= 11 is 3.40. The van der Waals surface area contributed by atoms with Crippen LogP contribution in [0.15, 0.2) is 17.0 Å². The molecule has 16 heavy (non-hydrogen) atoms. The minimum absolute atomic E-state index is 0. The van der Waals surface area contributed by atoms with Crippen LogP contribution in [-0.4, -0.2) is 14.7 Å². The molecule has 0 saturated carbocycles. The molecule has 1 aromatic rings. The van der Waals surface area contributed by atoms with E-state index in [2.05, 4.69) is 5.32 Å². The van der Waals surface area contributed by atoms with Crippen molar-refractivity contribution in [1.29, 1.82) is 0 Å². The predicted molar refractivity (Wildman–Crippen MR) is 55.6 cm³/mol. The third-order valence-electron chi connectivity index (χ3n) is 2.23. The van der Waals surface area contributed by atoms with Gasteiger partial charge in [0.2, 0.25) is 5.91 Å². The number of carbonyl (C=O) groups excluding carboxylic acids is 1. The Morgan fingerprint density at radius 1 is 1.38 bits per heavy atom. The second-order valence-electron chi connectivity index (χ2n) is 3.22. The second-order valence-corrected chi connectivity index (χ2v) is 4.54. The number of benzene rings is 1. The molecule has 0 aliphatic carbocycles. The maximum atomic E-state index is 11.1. The number of hydrogen-bond donors (Lipinski definition) is 1. The summed E-state index contributed by atoms with van der Waals surface area (Å²) in [6.07, 6.45) is 0.996. The van der Waals surface area contributed by atoms with Crippen molar-refractivity contribution in [3.8, 4) is 0 Å². The number of hydrogen-bond acceptors (Lipinski definition) is 3. The van der Waals surface area contributed by atoms with Crippen molar-refractivity contribution >= 4 is 34.3 Å². The molecule has 1 aromatic carbocycles. The molecule has 2 rings (SSSR count). The maximum absolute atomic E-state index is 11.1. The smallest absolute Gasteiger partial charge is 0.768 e. The third kappa shape index (κ3) is 2.85. The standard InChI is InChI=1S/C9H8ClNO3S.Na/c10-6-3-5-1-2-9(12)11-7(5)4-8(6)15(13)14;/h3-4H,1-2H2,(H,11,12)(H,13,14);/q;+1/p-1. The first kappa shape index (κ1) is 14.2. The molecule has 1 aliphatic rings. The SMILES string of the molecule is O=C1CCc2cc(Cl)c(S(=O)[O-])cc2N1.[Na+]. The molecule has 1 atom stereocenters. The van der Waals surface area contributed by atoms with Gasteiger partial charge in [-0.25, -0.2) is 0 Å². The van der Waals surface area contributed by atoms with Crippen LogP contribution in [0.3, 0.4) is 0 Å². The van der Waals surface area contributed by atoms with Crippen molar-refractivity contribution < 1.29 is 43.1 Å². The fraction of sp³-hybridized carbons (Fsp3) is 0.222. The molecule has 1 N–H and O–H groups in total. The van der Waals surface area contributed by atoms with Gasteiger partial charge in [0.15, 0.2) is 0 Å². The number of nitrogens with one attached hydrogen (secondary N) is 1. The van der Waals surface area contributed by atoms with Gasteiger partial charge in [-0.1, -0.05) is 11.6 Å².